The van der Waals surface area contributed by atoms with E-state index in [0.29, 0.717) is 5.92 Å². The van der Waals surface area contributed by atoms with E-state index in [-0.39, 0.29) is 11.6 Å². The maximum Gasteiger partial charge on any atom is 0.263 e. The molecule has 1 N–H and O–H groups in total. The first-order valence-electron chi connectivity index (χ1n) is 6.92. The quantitative estimate of drug-likeness (QED) is 0.871. The molecule has 20 heavy (non-hydrogen) atoms. The summed E-state index contributed by atoms with van der Waals surface area (Å²) in [7, 11) is 0. The van der Waals surface area contributed by atoms with E-state index in [2.05, 4.69) is 17.4 Å². The molecular formula is C17H17F2N. The molecule has 2 atom stereocenters. The van der Waals surface area contributed by atoms with Gasteiger partial charge < -0.3 is 5.32 Å². The van der Waals surface area contributed by atoms with E-state index in [0.717, 1.165) is 18.5 Å². The minimum atomic E-state index is -2.40. The number of hydrogen-bond donors (Lipinski definition) is 1. The van der Waals surface area contributed by atoms with E-state index in [1.165, 1.54) is 17.7 Å². The maximum absolute atomic E-state index is 12.6. The second-order valence-corrected chi connectivity index (χ2v) is 5.21. The van der Waals surface area contributed by atoms with E-state index >= 15 is 0 Å². The SMILES string of the molecule is FC(F)c1ccc(C2NCCC2c2ccccc2)cc1. The van der Waals surface area contributed by atoms with Gasteiger partial charge >= 0.3 is 0 Å². The zero-order valence-corrected chi connectivity index (χ0v) is 11.1. The minimum Gasteiger partial charge on any atom is -0.309 e. The van der Waals surface area contributed by atoms with Crippen LogP contribution in [0.5, 0.6) is 0 Å². The van der Waals surface area contributed by atoms with E-state index in [4.69, 9.17) is 0 Å². The number of hydrogen-bond acceptors (Lipinski definition) is 1. The first kappa shape index (κ1) is 13.3. The van der Waals surface area contributed by atoms with Crippen molar-refractivity contribution in [3.63, 3.8) is 0 Å². The Morgan fingerprint density at radius 3 is 2.25 bits per heavy atom. The average molecular weight is 273 g/mol. The van der Waals surface area contributed by atoms with E-state index in [1.807, 2.05) is 30.3 Å². The molecule has 3 rings (SSSR count). The zero-order chi connectivity index (χ0) is 13.9. The van der Waals surface area contributed by atoms with Gasteiger partial charge in [-0.15, -0.1) is 0 Å². The van der Waals surface area contributed by atoms with Gasteiger partial charge in [0.25, 0.3) is 6.43 Å². The summed E-state index contributed by atoms with van der Waals surface area (Å²) in [5, 5.41) is 3.48. The fourth-order valence-corrected chi connectivity index (χ4v) is 2.96. The number of alkyl halides is 2. The molecule has 2 unspecified atom stereocenters. The lowest BCUT2D eigenvalue weighted by Gasteiger charge is -2.20. The van der Waals surface area contributed by atoms with Gasteiger partial charge in [0.2, 0.25) is 0 Å². The molecule has 0 radical (unpaired) electrons. The van der Waals surface area contributed by atoms with Gasteiger partial charge in [-0.2, -0.15) is 0 Å². The van der Waals surface area contributed by atoms with Gasteiger partial charge in [-0.25, -0.2) is 8.78 Å². The molecule has 0 aliphatic carbocycles. The Labute approximate surface area is 117 Å². The van der Waals surface area contributed by atoms with Crippen molar-refractivity contribution in [2.75, 3.05) is 6.54 Å². The summed E-state index contributed by atoms with van der Waals surface area (Å²) >= 11 is 0. The molecule has 3 heteroatoms. The second-order valence-electron chi connectivity index (χ2n) is 5.21. The first-order valence-corrected chi connectivity index (χ1v) is 6.92. The summed E-state index contributed by atoms with van der Waals surface area (Å²) in [6, 6.07) is 17.3. The van der Waals surface area contributed by atoms with Crippen molar-refractivity contribution in [3.05, 3.63) is 71.3 Å². The van der Waals surface area contributed by atoms with Gasteiger partial charge in [0.05, 0.1) is 0 Å². The molecule has 0 bridgehead atoms. The standard InChI is InChI=1S/C17H17F2N/c18-17(19)14-8-6-13(7-9-14)16-15(10-11-20-16)12-4-2-1-3-5-12/h1-9,15-17,20H,10-11H2. The molecular weight excluding hydrogens is 256 g/mol. The maximum atomic E-state index is 12.6. The van der Waals surface area contributed by atoms with Crippen molar-refractivity contribution in [1.29, 1.82) is 0 Å². The third-order valence-electron chi connectivity index (χ3n) is 4.00. The van der Waals surface area contributed by atoms with Gasteiger partial charge in [-0.05, 0) is 24.1 Å². The van der Waals surface area contributed by atoms with Crippen LogP contribution in [-0.4, -0.2) is 6.54 Å². The summed E-state index contributed by atoms with van der Waals surface area (Å²) in [5.74, 6) is 0.411. The molecule has 1 nitrogen and oxygen atoms in total. The second kappa shape index (κ2) is 5.71. The molecule has 0 spiro atoms. The number of nitrogens with one attached hydrogen (secondary N) is 1. The van der Waals surface area contributed by atoms with Crippen LogP contribution >= 0.6 is 0 Å². The van der Waals surface area contributed by atoms with Crippen molar-refractivity contribution < 1.29 is 8.78 Å². The van der Waals surface area contributed by atoms with Gasteiger partial charge in [0.15, 0.2) is 0 Å². The fraction of sp³-hybridized carbons (Fsp3) is 0.294. The van der Waals surface area contributed by atoms with Crippen molar-refractivity contribution in [1.82, 2.24) is 5.32 Å². The van der Waals surface area contributed by atoms with Gasteiger partial charge in [0, 0.05) is 17.5 Å². The van der Waals surface area contributed by atoms with Gasteiger partial charge in [-0.3, -0.25) is 0 Å². The highest BCUT2D eigenvalue weighted by Crippen LogP contribution is 2.37. The van der Waals surface area contributed by atoms with Crippen LogP contribution in [0.1, 0.15) is 41.5 Å². The van der Waals surface area contributed by atoms with Crippen LogP contribution in [0.25, 0.3) is 0 Å². The Morgan fingerprint density at radius 2 is 1.60 bits per heavy atom. The van der Waals surface area contributed by atoms with Crippen LogP contribution in [0.2, 0.25) is 0 Å². The highest BCUT2D eigenvalue weighted by molar-refractivity contribution is 5.32. The summed E-state index contributed by atoms with van der Waals surface area (Å²) in [4.78, 5) is 0. The molecule has 104 valence electrons. The van der Waals surface area contributed by atoms with Crippen LogP contribution in [0.3, 0.4) is 0 Å². The number of halogens is 2. The van der Waals surface area contributed by atoms with Crippen LogP contribution in [0, 0.1) is 0 Å². The molecule has 1 saturated heterocycles. The Morgan fingerprint density at radius 1 is 0.900 bits per heavy atom. The van der Waals surface area contributed by atoms with Crippen molar-refractivity contribution in [3.8, 4) is 0 Å². The lowest BCUT2D eigenvalue weighted by molar-refractivity contribution is 0.151. The lowest BCUT2D eigenvalue weighted by Crippen LogP contribution is -2.17. The van der Waals surface area contributed by atoms with Crippen molar-refractivity contribution >= 4 is 0 Å². The molecule has 1 fully saturated rings. The Kier molecular flexibility index (Phi) is 3.79. The predicted octanol–water partition coefficient (Wildman–Crippen LogP) is 4.44. The highest BCUT2D eigenvalue weighted by Gasteiger charge is 2.29. The van der Waals surface area contributed by atoms with Gasteiger partial charge in [0.1, 0.15) is 0 Å². The molecule has 0 saturated carbocycles. The monoisotopic (exact) mass is 273 g/mol. The summed E-state index contributed by atoms with van der Waals surface area (Å²) in [6.07, 6.45) is -1.32. The number of benzene rings is 2. The molecule has 0 amide bonds. The normalized spacial score (nSPS) is 22.4. The average Bonchev–Trinajstić information content (AvgIpc) is 2.97. The molecule has 2 aromatic rings. The smallest absolute Gasteiger partial charge is 0.263 e. The zero-order valence-electron chi connectivity index (χ0n) is 11.1. The third-order valence-corrected chi connectivity index (χ3v) is 4.00. The summed E-state index contributed by atoms with van der Waals surface area (Å²) < 4.78 is 25.2. The van der Waals surface area contributed by atoms with Gasteiger partial charge in [-0.1, -0.05) is 54.6 Å². The lowest BCUT2D eigenvalue weighted by atomic mass is 9.88. The van der Waals surface area contributed by atoms with E-state index < -0.39 is 6.43 Å². The van der Waals surface area contributed by atoms with Crippen molar-refractivity contribution in [2.24, 2.45) is 0 Å². The Balaban J connectivity index is 1.85. The van der Waals surface area contributed by atoms with Crippen LogP contribution in [-0.2, 0) is 0 Å². The topological polar surface area (TPSA) is 12.0 Å². The summed E-state index contributed by atoms with van der Waals surface area (Å²) in [6.45, 7) is 0.959. The predicted molar refractivity (Wildman–Crippen MR) is 75.9 cm³/mol. The highest BCUT2D eigenvalue weighted by atomic mass is 19.3. The van der Waals surface area contributed by atoms with Crippen molar-refractivity contribution in [2.45, 2.75) is 24.8 Å². The Hall–Kier alpha value is -1.74. The largest absolute Gasteiger partial charge is 0.309 e. The first-order chi connectivity index (χ1) is 9.75. The molecule has 1 aliphatic heterocycles. The van der Waals surface area contributed by atoms with Crippen LogP contribution in [0.15, 0.2) is 54.6 Å². The molecule has 2 aromatic carbocycles. The summed E-state index contributed by atoms with van der Waals surface area (Å²) in [5.41, 5.74) is 2.48. The molecule has 0 aromatic heterocycles. The molecule has 1 heterocycles. The van der Waals surface area contributed by atoms with E-state index in [9.17, 15) is 8.78 Å². The van der Waals surface area contributed by atoms with Crippen LogP contribution in [0.4, 0.5) is 8.78 Å². The van der Waals surface area contributed by atoms with E-state index in [1.54, 1.807) is 0 Å². The Bertz CT molecular complexity index is 551. The fourth-order valence-electron chi connectivity index (χ4n) is 2.96. The minimum absolute atomic E-state index is 0.0861. The molecule has 1 aliphatic rings. The van der Waals surface area contributed by atoms with Crippen LogP contribution < -0.4 is 5.32 Å². The third kappa shape index (κ3) is 2.59. The number of rotatable bonds is 3.